The zero-order valence-electron chi connectivity index (χ0n) is 12.6. The van der Waals surface area contributed by atoms with Crippen LogP contribution < -0.4 is 5.73 Å². The number of sulfonamides is 1. The van der Waals surface area contributed by atoms with Crippen LogP contribution in [0.3, 0.4) is 0 Å². The second-order valence-electron chi connectivity index (χ2n) is 4.86. The highest BCUT2D eigenvalue weighted by Crippen LogP contribution is 2.27. The monoisotopic (exact) mass is 328 g/mol. The van der Waals surface area contributed by atoms with E-state index < -0.39 is 10.0 Å². The van der Waals surface area contributed by atoms with Gasteiger partial charge in [-0.2, -0.15) is 4.31 Å². The Morgan fingerprint density at radius 2 is 2.05 bits per heavy atom. The molecule has 6 heteroatoms. The van der Waals surface area contributed by atoms with E-state index in [1.165, 1.54) is 10.4 Å². The van der Waals surface area contributed by atoms with Crippen molar-refractivity contribution in [3.8, 4) is 11.8 Å². The Balaban J connectivity index is 3.25. The van der Waals surface area contributed by atoms with E-state index in [-0.39, 0.29) is 22.5 Å². The Morgan fingerprint density at radius 3 is 2.52 bits per heavy atom. The molecule has 0 bridgehead atoms. The van der Waals surface area contributed by atoms with Gasteiger partial charge in [-0.3, -0.25) is 0 Å². The Bertz CT molecular complexity index is 645. The lowest BCUT2D eigenvalue weighted by molar-refractivity contribution is 0.354. The van der Waals surface area contributed by atoms with Crippen LogP contribution in [-0.2, 0) is 10.0 Å². The fraction of sp³-hybridized carbons (Fsp3) is 0.467. The summed E-state index contributed by atoms with van der Waals surface area (Å²) in [5, 5.41) is 0.181. The second kappa shape index (κ2) is 7.81. The van der Waals surface area contributed by atoms with E-state index in [2.05, 4.69) is 11.8 Å². The first-order valence-corrected chi connectivity index (χ1v) is 8.66. The van der Waals surface area contributed by atoms with Crippen molar-refractivity contribution in [2.24, 2.45) is 5.73 Å². The van der Waals surface area contributed by atoms with Gasteiger partial charge in [0.2, 0.25) is 10.0 Å². The predicted molar refractivity (Wildman–Crippen MR) is 86.7 cm³/mol. The Kier molecular flexibility index (Phi) is 6.69. The summed E-state index contributed by atoms with van der Waals surface area (Å²) in [5.74, 6) is 5.54. The van der Waals surface area contributed by atoms with E-state index in [1.54, 1.807) is 12.1 Å². The minimum Gasteiger partial charge on any atom is -0.320 e. The molecule has 2 N–H and O–H groups in total. The molecule has 0 aliphatic rings. The molecule has 0 aliphatic heterocycles. The van der Waals surface area contributed by atoms with Crippen LogP contribution in [-0.4, -0.2) is 31.9 Å². The zero-order chi connectivity index (χ0) is 16.0. The van der Waals surface area contributed by atoms with Crippen LogP contribution >= 0.6 is 11.6 Å². The molecular formula is C15H21ClN2O2S. The van der Waals surface area contributed by atoms with Crippen LogP contribution in [0.5, 0.6) is 0 Å². The van der Waals surface area contributed by atoms with Gasteiger partial charge in [-0.05, 0) is 38.5 Å². The van der Waals surface area contributed by atoms with Gasteiger partial charge in [-0.25, -0.2) is 8.42 Å². The van der Waals surface area contributed by atoms with Crippen molar-refractivity contribution >= 4 is 21.6 Å². The average Bonchev–Trinajstić information content (AvgIpc) is 2.41. The number of nitrogens with zero attached hydrogens (tertiary/aromatic N) is 1. The molecule has 1 aromatic rings. The van der Waals surface area contributed by atoms with Crippen LogP contribution in [0.25, 0.3) is 0 Å². The van der Waals surface area contributed by atoms with E-state index in [4.69, 9.17) is 17.3 Å². The highest BCUT2D eigenvalue weighted by atomic mass is 35.5. The van der Waals surface area contributed by atoms with Gasteiger partial charge in [-0.15, -0.1) is 0 Å². The molecule has 0 saturated heterocycles. The average molecular weight is 329 g/mol. The van der Waals surface area contributed by atoms with Crippen molar-refractivity contribution in [1.82, 2.24) is 4.31 Å². The molecule has 1 aromatic carbocycles. The van der Waals surface area contributed by atoms with E-state index in [0.29, 0.717) is 12.1 Å². The first kappa shape index (κ1) is 18.0. The van der Waals surface area contributed by atoms with Gasteiger partial charge in [0.15, 0.2) is 0 Å². The van der Waals surface area contributed by atoms with Crippen LogP contribution in [0, 0.1) is 11.8 Å². The minimum atomic E-state index is -3.60. The zero-order valence-corrected chi connectivity index (χ0v) is 14.1. The molecule has 21 heavy (non-hydrogen) atoms. The lowest BCUT2D eigenvalue weighted by Crippen LogP contribution is -2.37. The molecule has 0 aliphatic carbocycles. The van der Waals surface area contributed by atoms with E-state index in [0.717, 1.165) is 6.42 Å². The summed E-state index contributed by atoms with van der Waals surface area (Å²) in [5.41, 5.74) is 5.96. The summed E-state index contributed by atoms with van der Waals surface area (Å²) in [6, 6.07) is 4.58. The molecule has 116 valence electrons. The molecule has 0 spiro atoms. The van der Waals surface area contributed by atoms with Crippen molar-refractivity contribution in [3.05, 3.63) is 28.8 Å². The molecule has 0 fully saturated rings. The molecule has 0 heterocycles. The van der Waals surface area contributed by atoms with Gasteiger partial charge in [0.25, 0.3) is 0 Å². The predicted octanol–water partition coefficient (Wildman–Crippen LogP) is 2.46. The van der Waals surface area contributed by atoms with E-state index in [1.807, 2.05) is 20.8 Å². The summed E-state index contributed by atoms with van der Waals surface area (Å²) in [4.78, 5) is 0.115. The third-order valence-electron chi connectivity index (χ3n) is 2.87. The number of hydrogen-bond donors (Lipinski definition) is 1. The third-order valence-corrected chi connectivity index (χ3v) is 5.43. The first-order valence-electron chi connectivity index (χ1n) is 6.85. The summed E-state index contributed by atoms with van der Waals surface area (Å²) in [6.07, 6.45) is 0.745. The smallest absolute Gasteiger partial charge is 0.244 e. The summed E-state index contributed by atoms with van der Waals surface area (Å²) in [7, 11) is -3.60. The van der Waals surface area contributed by atoms with Gasteiger partial charge >= 0.3 is 0 Å². The lowest BCUT2D eigenvalue weighted by atomic mass is 10.2. The highest BCUT2D eigenvalue weighted by Gasteiger charge is 2.28. The van der Waals surface area contributed by atoms with Crippen molar-refractivity contribution in [2.75, 3.05) is 13.1 Å². The molecule has 0 amide bonds. The highest BCUT2D eigenvalue weighted by molar-refractivity contribution is 7.89. The number of hydrogen-bond acceptors (Lipinski definition) is 3. The van der Waals surface area contributed by atoms with Gasteiger partial charge in [-0.1, -0.05) is 30.4 Å². The van der Waals surface area contributed by atoms with E-state index >= 15 is 0 Å². The van der Waals surface area contributed by atoms with Crippen molar-refractivity contribution in [1.29, 1.82) is 0 Å². The summed E-state index contributed by atoms with van der Waals surface area (Å²) < 4.78 is 26.8. The first-order chi connectivity index (χ1) is 9.84. The normalized spacial score (nSPS) is 11.6. The standard InChI is InChI=1S/C15H21ClN2O2S/c1-4-10-18(12(2)3)21(19,20)15-8-7-13(6-5-9-17)11-14(15)16/h7-8,11-12H,4,9-10,17H2,1-3H3. The van der Waals surface area contributed by atoms with Gasteiger partial charge in [0.1, 0.15) is 4.90 Å². The van der Waals surface area contributed by atoms with E-state index in [9.17, 15) is 8.42 Å². The van der Waals surface area contributed by atoms with Crippen molar-refractivity contribution in [3.63, 3.8) is 0 Å². The quantitative estimate of drug-likeness (QED) is 0.844. The third kappa shape index (κ3) is 4.45. The molecular weight excluding hydrogens is 308 g/mol. The second-order valence-corrected chi connectivity index (χ2v) is 7.13. The molecule has 1 rings (SSSR count). The maximum atomic E-state index is 12.7. The number of halogens is 1. The molecule has 0 radical (unpaired) electrons. The van der Waals surface area contributed by atoms with Gasteiger partial charge < -0.3 is 5.73 Å². The maximum Gasteiger partial charge on any atom is 0.244 e. The van der Waals surface area contributed by atoms with Crippen LogP contribution in [0.15, 0.2) is 23.1 Å². The number of nitrogens with two attached hydrogens (primary N) is 1. The number of rotatable bonds is 5. The topological polar surface area (TPSA) is 63.4 Å². The van der Waals surface area contributed by atoms with Crippen LogP contribution in [0.1, 0.15) is 32.8 Å². The molecule has 0 aromatic heterocycles. The van der Waals surface area contributed by atoms with Gasteiger partial charge in [0, 0.05) is 18.2 Å². The summed E-state index contributed by atoms with van der Waals surface area (Å²) >= 11 is 6.14. The van der Waals surface area contributed by atoms with Crippen LogP contribution in [0.4, 0.5) is 0 Å². The fourth-order valence-corrected chi connectivity index (χ4v) is 4.19. The Hall–Kier alpha value is -1.06. The van der Waals surface area contributed by atoms with Gasteiger partial charge in [0.05, 0.1) is 11.6 Å². The SMILES string of the molecule is CCCN(C(C)C)S(=O)(=O)c1ccc(C#CCN)cc1Cl. The molecule has 0 unspecified atom stereocenters. The fourth-order valence-electron chi connectivity index (χ4n) is 1.94. The van der Waals surface area contributed by atoms with Crippen molar-refractivity contribution in [2.45, 2.75) is 38.1 Å². The lowest BCUT2D eigenvalue weighted by Gasteiger charge is -2.25. The Morgan fingerprint density at radius 1 is 1.38 bits per heavy atom. The van der Waals surface area contributed by atoms with Crippen molar-refractivity contribution < 1.29 is 8.42 Å². The molecule has 0 saturated carbocycles. The minimum absolute atomic E-state index is 0.115. The summed E-state index contributed by atoms with van der Waals surface area (Å²) in [6.45, 7) is 6.35. The largest absolute Gasteiger partial charge is 0.320 e. The molecule has 4 nitrogen and oxygen atoms in total. The maximum absolute atomic E-state index is 12.7. The number of benzene rings is 1. The van der Waals surface area contributed by atoms with Crippen LogP contribution in [0.2, 0.25) is 5.02 Å². The molecule has 0 atom stereocenters. The Labute approximate surface area is 132 Å².